The SMILES string of the molecule is NS(=O)(=O)c1cc2cc(O)ccc2[nH]1. The van der Waals surface area contributed by atoms with E-state index in [0.29, 0.717) is 10.9 Å². The fourth-order valence-electron chi connectivity index (χ4n) is 1.25. The van der Waals surface area contributed by atoms with Crippen molar-refractivity contribution >= 4 is 20.9 Å². The van der Waals surface area contributed by atoms with Gasteiger partial charge in [0.1, 0.15) is 10.8 Å². The third-order valence-corrected chi connectivity index (χ3v) is 2.72. The van der Waals surface area contributed by atoms with Crippen molar-refractivity contribution in [3.05, 3.63) is 24.3 Å². The zero-order valence-corrected chi connectivity index (χ0v) is 7.88. The Morgan fingerprint density at radius 1 is 1.29 bits per heavy atom. The van der Waals surface area contributed by atoms with Crippen LogP contribution in [0.4, 0.5) is 0 Å². The summed E-state index contributed by atoms with van der Waals surface area (Å²) < 4.78 is 21.9. The molecule has 74 valence electrons. The lowest BCUT2D eigenvalue weighted by atomic mass is 10.2. The van der Waals surface area contributed by atoms with Crippen LogP contribution < -0.4 is 5.14 Å². The molecule has 0 saturated carbocycles. The van der Waals surface area contributed by atoms with Gasteiger partial charge >= 0.3 is 0 Å². The molecule has 14 heavy (non-hydrogen) atoms. The van der Waals surface area contributed by atoms with E-state index < -0.39 is 10.0 Å². The normalized spacial score (nSPS) is 12.1. The minimum atomic E-state index is -3.71. The third kappa shape index (κ3) is 1.45. The Kier molecular flexibility index (Phi) is 1.76. The molecule has 0 fully saturated rings. The molecule has 0 radical (unpaired) electrons. The second-order valence-corrected chi connectivity index (χ2v) is 4.48. The highest BCUT2D eigenvalue weighted by Gasteiger charge is 2.11. The average molecular weight is 212 g/mol. The number of primary sulfonamides is 1. The fourth-order valence-corrected chi connectivity index (χ4v) is 1.79. The molecule has 1 heterocycles. The number of phenols is 1. The Bertz CT molecular complexity index is 586. The molecular weight excluding hydrogens is 204 g/mol. The number of aromatic hydroxyl groups is 1. The van der Waals surface area contributed by atoms with Gasteiger partial charge in [-0.15, -0.1) is 0 Å². The molecule has 0 aliphatic heterocycles. The lowest BCUT2D eigenvalue weighted by Gasteiger charge is -1.90. The number of fused-ring (bicyclic) bond motifs is 1. The van der Waals surface area contributed by atoms with Crippen LogP contribution in [0.5, 0.6) is 5.75 Å². The van der Waals surface area contributed by atoms with Crippen LogP contribution in [0.1, 0.15) is 0 Å². The van der Waals surface area contributed by atoms with Crippen LogP contribution >= 0.6 is 0 Å². The van der Waals surface area contributed by atoms with Gasteiger partial charge in [0.05, 0.1) is 0 Å². The van der Waals surface area contributed by atoms with Crippen molar-refractivity contribution in [1.29, 1.82) is 0 Å². The highest BCUT2D eigenvalue weighted by Crippen LogP contribution is 2.21. The first-order chi connectivity index (χ1) is 6.47. The number of hydrogen-bond donors (Lipinski definition) is 3. The van der Waals surface area contributed by atoms with Crippen LogP contribution in [0.15, 0.2) is 29.3 Å². The molecular formula is C8H8N2O3S. The minimum Gasteiger partial charge on any atom is -0.508 e. The molecule has 4 N–H and O–H groups in total. The van der Waals surface area contributed by atoms with E-state index in [1.807, 2.05) is 0 Å². The maximum atomic E-state index is 11.0. The predicted molar refractivity (Wildman–Crippen MR) is 51.3 cm³/mol. The Morgan fingerprint density at radius 2 is 2.00 bits per heavy atom. The smallest absolute Gasteiger partial charge is 0.253 e. The number of phenolic OH excluding ortho intramolecular Hbond substituents is 1. The molecule has 5 nitrogen and oxygen atoms in total. The molecule has 0 aliphatic carbocycles. The Labute approximate surface area is 80.2 Å². The quantitative estimate of drug-likeness (QED) is 0.643. The molecule has 0 bridgehead atoms. The summed E-state index contributed by atoms with van der Waals surface area (Å²) in [5.74, 6) is 0.0810. The number of aromatic amines is 1. The lowest BCUT2D eigenvalue weighted by molar-refractivity contribution is 0.476. The summed E-state index contributed by atoms with van der Waals surface area (Å²) in [5, 5.41) is 14.6. The van der Waals surface area contributed by atoms with Crippen molar-refractivity contribution in [2.24, 2.45) is 5.14 Å². The van der Waals surface area contributed by atoms with Gasteiger partial charge in [0.15, 0.2) is 0 Å². The standard InChI is InChI=1S/C8H8N2O3S/c9-14(12,13)8-4-5-3-6(11)1-2-7(5)10-8/h1-4,10-11H,(H2,9,12,13). The fraction of sp³-hybridized carbons (Fsp3) is 0. The summed E-state index contributed by atoms with van der Waals surface area (Å²) in [6, 6.07) is 5.88. The number of benzene rings is 1. The molecule has 0 unspecified atom stereocenters. The van der Waals surface area contributed by atoms with Crippen LogP contribution in [0.2, 0.25) is 0 Å². The van der Waals surface area contributed by atoms with Crippen molar-refractivity contribution in [2.75, 3.05) is 0 Å². The molecule has 1 aromatic heterocycles. The van der Waals surface area contributed by atoms with E-state index in [-0.39, 0.29) is 10.8 Å². The number of nitrogens with two attached hydrogens (primary N) is 1. The van der Waals surface area contributed by atoms with Gasteiger partial charge in [-0.1, -0.05) is 0 Å². The predicted octanol–water partition coefficient (Wildman–Crippen LogP) is 0.521. The Morgan fingerprint density at radius 3 is 2.64 bits per heavy atom. The van der Waals surface area contributed by atoms with Crippen LogP contribution in [0.25, 0.3) is 10.9 Å². The number of aromatic nitrogens is 1. The Hall–Kier alpha value is -1.53. The largest absolute Gasteiger partial charge is 0.508 e. The third-order valence-electron chi connectivity index (χ3n) is 1.89. The highest BCUT2D eigenvalue weighted by molar-refractivity contribution is 7.89. The van der Waals surface area contributed by atoms with Crippen LogP contribution in [-0.2, 0) is 10.0 Å². The molecule has 2 aromatic rings. The van der Waals surface area contributed by atoms with Gasteiger partial charge in [0.2, 0.25) is 0 Å². The lowest BCUT2D eigenvalue weighted by Crippen LogP contribution is -2.12. The molecule has 2 rings (SSSR count). The van der Waals surface area contributed by atoms with E-state index in [1.54, 1.807) is 6.07 Å². The molecule has 1 aromatic carbocycles. The van der Waals surface area contributed by atoms with Crippen molar-refractivity contribution in [1.82, 2.24) is 4.98 Å². The van der Waals surface area contributed by atoms with Crippen LogP contribution in [0.3, 0.4) is 0 Å². The first-order valence-corrected chi connectivity index (χ1v) is 5.36. The van der Waals surface area contributed by atoms with Gasteiger partial charge in [-0.2, -0.15) is 0 Å². The summed E-state index contributed by atoms with van der Waals surface area (Å²) in [4.78, 5) is 2.64. The second kappa shape index (κ2) is 2.73. The highest BCUT2D eigenvalue weighted by atomic mass is 32.2. The van der Waals surface area contributed by atoms with E-state index in [0.717, 1.165) is 0 Å². The molecule has 0 saturated heterocycles. The monoisotopic (exact) mass is 212 g/mol. The molecule has 0 spiro atoms. The number of sulfonamides is 1. The topological polar surface area (TPSA) is 96.2 Å². The number of rotatable bonds is 1. The second-order valence-electron chi connectivity index (χ2n) is 2.95. The Balaban J connectivity index is 2.75. The number of hydrogen-bond acceptors (Lipinski definition) is 3. The molecule has 6 heteroatoms. The molecule has 0 atom stereocenters. The van der Waals surface area contributed by atoms with Gasteiger partial charge in [0.25, 0.3) is 10.0 Å². The van der Waals surface area contributed by atoms with Gasteiger partial charge in [0, 0.05) is 10.9 Å². The summed E-state index contributed by atoms with van der Waals surface area (Å²) in [7, 11) is -3.71. The average Bonchev–Trinajstić information content (AvgIpc) is 2.45. The summed E-state index contributed by atoms with van der Waals surface area (Å²) >= 11 is 0. The van der Waals surface area contributed by atoms with Crippen molar-refractivity contribution in [2.45, 2.75) is 5.03 Å². The zero-order chi connectivity index (χ0) is 10.3. The molecule has 0 amide bonds. The maximum Gasteiger partial charge on any atom is 0.253 e. The number of H-pyrrole nitrogens is 1. The van der Waals surface area contributed by atoms with Gasteiger partial charge in [-0.05, 0) is 24.3 Å². The molecule has 0 aliphatic rings. The van der Waals surface area contributed by atoms with E-state index in [9.17, 15) is 8.42 Å². The van der Waals surface area contributed by atoms with E-state index in [2.05, 4.69) is 4.98 Å². The van der Waals surface area contributed by atoms with Crippen molar-refractivity contribution in [3.63, 3.8) is 0 Å². The zero-order valence-electron chi connectivity index (χ0n) is 7.06. The maximum absolute atomic E-state index is 11.0. The summed E-state index contributed by atoms with van der Waals surface area (Å²) in [6.07, 6.45) is 0. The first kappa shape index (κ1) is 9.04. The van der Waals surface area contributed by atoms with Gasteiger partial charge in [-0.3, -0.25) is 0 Å². The van der Waals surface area contributed by atoms with Crippen molar-refractivity contribution < 1.29 is 13.5 Å². The van der Waals surface area contributed by atoms with Crippen LogP contribution in [0, 0.1) is 0 Å². The van der Waals surface area contributed by atoms with Crippen molar-refractivity contribution in [3.8, 4) is 5.75 Å². The minimum absolute atomic E-state index is 0.0573. The van der Waals surface area contributed by atoms with E-state index in [1.165, 1.54) is 18.2 Å². The van der Waals surface area contributed by atoms with Gasteiger partial charge < -0.3 is 10.1 Å². The number of nitrogens with one attached hydrogen (secondary N) is 1. The first-order valence-electron chi connectivity index (χ1n) is 3.81. The van der Waals surface area contributed by atoms with E-state index >= 15 is 0 Å². The van der Waals surface area contributed by atoms with Crippen LogP contribution in [-0.4, -0.2) is 18.5 Å². The summed E-state index contributed by atoms with van der Waals surface area (Å²) in [6.45, 7) is 0. The summed E-state index contributed by atoms with van der Waals surface area (Å²) in [5.41, 5.74) is 0.617. The van der Waals surface area contributed by atoms with E-state index in [4.69, 9.17) is 10.2 Å². The van der Waals surface area contributed by atoms with Gasteiger partial charge in [-0.25, -0.2) is 13.6 Å².